The van der Waals surface area contributed by atoms with E-state index in [4.69, 9.17) is 9.47 Å². The van der Waals surface area contributed by atoms with Gasteiger partial charge in [0.1, 0.15) is 0 Å². The van der Waals surface area contributed by atoms with Gasteiger partial charge in [0.25, 0.3) is 11.6 Å². The van der Waals surface area contributed by atoms with Gasteiger partial charge in [-0.1, -0.05) is 0 Å². The van der Waals surface area contributed by atoms with Crippen LogP contribution in [0.5, 0.6) is 11.5 Å². The molecule has 0 N–H and O–H groups in total. The number of carbonyl (C=O) groups excluding carboxylic acids is 1. The second-order valence-electron chi connectivity index (χ2n) is 5.31. The molecular formula is C15H20N2O5. The molecule has 1 aliphatic heterocycles. The summed E-state index contributed by atoms with van der Waals surface area (Å²) in [7, 11) is 1.45. The molecule has 0 bridgehead atoms. The van der Waals surface area contributed by atoms with Crippen molar-refractivity contribution in [1.29, 1.82) is 0 Å². The van der Waals surface area contributed by atoms with E-state index >= 15 is 0 Å². The molecule has 1 aliphatic rings. The molecule has 0 radical (unpaired) electrons. The first-order valence-electron chi connectivity index (χ1n) is 7.27. The lowest BCUT2D eigenvalue weighted by atomic mass is 10.0. The van der Waals surface area contributed by atoms with E-state index in [2.05, 4.69) is 0 Å². The normalized spacial score (nSPS) is 17.9. The standard InChI is InChI=1S/C15H20N2O5/c1-11-5-3-4-8-16(11)15(18)10-22-14-9-12(17(19)20)6-7-13(14)21-2/h6-7,9,11H,3-5,8,10H2,1-2H3/t11-/m0/s1. The number of non-ortho nitro benzene ring substituents is 1. The summed E-state index contributed by atoms with van der Waals surface area (Å²) in [6.45, 7) is 2.60. The van der Waals surface area contributed by atoms with E-state index in [1.807, 2.05) is 6.92 Å². The Balaban J connectivity index is 2.05. The Morgan fingerprint density at radius 2 is 2.18 bits per heavy atom. The summed E-state index contributed by atoms with van der Waals surface area (Å²) >= 11 is 0. The van der Waals surface area contributed by atoms with E-state index in [0.29, 0.717) is 5.75 Å². The fourth-order valence-corrected chi connectivity index (χ4v) is 2.58. The predicted molar refractivity (Wildman–Crippen MR) is 80.2 cm³/mol. The lowest BCUT2D eigenvalue weighted by Crippen LogP contribution is -2.44. The van der Waals surface area contributed by atoms with Gasteiger partial charge in [0.2, 0.25) is 0 Å². The highest BCUT2D eigenvalue weighted by Gasteiger charge is 2.24. The maximum absolute atomic E-state index is 12.2. The topological polar surface area (TPSA) is 81.9 Å². The van der Waals surface area contributed by atoms with Crippen LogP contribution in [0.25, 0.3) is 0 Å². The average Bonchev–Trinajstić information content (AvgIpc) is 2.52. The number of nitro benzene ring substituents is 1. The minimum atomic E-state index is -0.513. The van der Waals surface area contributed by atoms with Crippen LogP contribution >= 0.6 is 0 Å². The molecule has 1 saturated heterocycles. The molecule has 0 aliphatic carbocycles. The van der Waals surface area contributed by atoms with Gasteiger partial charge in [0.15, 0.2) is 18.1 Å². The first kappa shape index (κ1) is 16.1. The lowest BCUT2D eigenvalue weighted by molar-refractivity contribution is -0.385. The second-order valence-corrected chi connectivity index (χ2v) is 5.31. The largest absolute Gasteiger partial charge is 0.493 e. The Kier molecular flexibility index (Phi) is 5.19. The van der Waals surface area contributed by atoms with E-state index in [0.717, 1.165) is 25.8 Å². The predicted octanol–water partition coefficient (Wildman–Crippen LogP) is 2.38. The highest BCUT2D eigenvalue weighted by molar-refractivity contribution is 5.78. The van der Waals surface area contributed by atoms with Crippen molar-refractivity contribution in [2.24, 2.45) is 0 Å². The molecule has 1 aromatic rings. The van der Waals surface area contributed by atoms with Gasteiger partial charge in [-0.3, -0.25) is 14.9 Å². The van der Waals surface area contributed by atoms with Crippen LogP contribution in [0.1, 0.15) is 26.2 Å². The number of methoxy groups -OCH3 is 1. The number of hydrogen-bond donors (Lipinski definition) is 0. The van der Waals surface area contributed by atoms with Crippen LogP contribution < -0.4 is 9.47 Å². The second kappa shape index (κ2) is 7.11. The third-order valence-corrected chi connectivity index (χ3v) is 3.83. The summed E-state index contributed by atoms with van der Waals surface area (Å²) in [5.41, 5.74) is -0.102. The molecule has 1 atom stereocenters. The van der Waals surface area contributed by atoms with Gasteiger partial charge < -0.3 is 14.4 Å². The molecule has 0 aromatic heterocycles. The third kappa shape index (κ3) is 3.66. The van der Waals surface area contributed by atoms with Crippen molar-refractivity contribution in [3.05, 3.63) is 28.3 Å². The highest BCUT2D eigenvalue weighted by Crippen LogP contribution is 2.31. The zero-order valence-electron chi connectivity index (χ0n) is 12.8. The van der Waals surface area contributed by atoms with E-state index in [9.17, 15) is 14.9 Å². The number of nitrogens with zero attached hydrogens (tertiary/aromatic N) is 2. The quantitative estimate of drug-likeness (QED) is 0.616. The fraction of sp³-hybridized carbons (Fsp3) is 0.533. The van der Waals surface area contributed by atoms with Crippen molar-refractivity contribution in [2.45, 2.75) is 32.2 Å². The summed E-state index contributed by atoms with van der Waals surface area (Å²) in [5, 5.41) is 10.8. The van der Waals surface area contributed by atoms with Gasteiger partial charge in [0.05, 0.1) is 18.1 Å². The maximum Gasteiger partial charge on any atom is 0.273 e. The first-order valence-corrected chi connectivity index (χ1v) is 7.27. The van der Waals surface area contributed by atoms with Crippen LogP contribution in [-0.4, -0.2) is 42.0 Å². The van der Waals surface area contributed by atoms with Crippen LogP contribution in [0.4, 0.5) is 5.69 Å². The molecule has 2 rings (SSSR count). The van der Waals surface area contributed by atoms with Crippen molar-refractivity contribution in [1.82, 2.24) is 4.90 Å². The smallest absolute Gasteiger partial charge is 0.273 e. The van der Waals surface area contributed by atoms with Gasteiger partial charge >= 0.3 is 0 Å². The number of benzene rings is 1. The van der Waals surface area contributed by atoms with Gasteiger partial charge in [-0.25, -0.2) is 0 Å². The Morgan fingerprint density at radius 3 is 2.82 bits per heavy atom. The molecule has 22 heavy (non-hydrogen) atoms. The molecule has 7 nitrogen and oxygen atoms in total. The molecule has 0 saturated carbocycles. The molecule has 1 amide bonds. The third-order valence-electron chi connectivity index (χ3n) is 3.83. The Bertz CT molecular complexity index is 561. The van der Waals surface area contributed by atoms with Gasteiger partial charge in [-0.15, -0.1) is 0 Å². The Morgan fingerprint density at radius 1 is 1.41 bits per heavy atom. The van der Waals surface area contributed by atoms with Crippen molar-refractivity contribution in [2.75, 3.05) is 20.3 Å². The lowest BCUT2D eigenvalue weighted by Gasteiger charge is -2.33. The van der Waals surface area contributed by atoms with Gasteiger partial charge in [0, 0.05) is 18.7 Å². The van der Waals surface area contributed by atoms with Crippen LogP contribution in [0.3, 0.4) is 0 Å². The molecule has 120 valence electrons. The number of piperidine rings is 1. The van der Waals surface area contributed by atoms with Crippen molar-refractivity contribution < 1.29 is 19.2 Å². The average molecular weight is 308 g/mol. The molecule has 1 aromatic carbocycles. The molecule has 0 spiro atoms. The summed E-state index contributed by atoms with van der Waals surface area (Å²) in [6.07, 6.45) is 3.12. The van der Waals surface area contributed by atoms with Crippen LogP contribution in [-0.2, 0) is 4.79 Å². The number of ether oxygens (including phenoxy) is 2. The monoisotopic (exact) mass is 308 g/mol. The number of carbonyl (C=O) groups is 1. The molecule has 1 fully saturated rings. The Hall–Kier alpha value is -2.31. The van der Waals surface area contributed by atoms with Crippen LogP contribution in [0, 0.1) is 10.1 Å². The molecule has 1 heterocycles. The minimum Gasteiger partial charge on any atom is -0.493 e. The molecule has 7 heteroatoms. The first-order chi connectivity index (χ1) is 10.5. The van der Waals surface area contributed by atoms with Crippen molar-refractivity contribution in [3.63, 3.8) is 0 Å². The Labute approximate surface area is 129 Å². The number of amides is 1. The minimum absolute atomic E-state index is 0.102. The molecule has 0 unspecified atom stereocenters. The number of nitro groups is 1. The van der Waals surface area contributed by atoms with Crippen LogP contribution in [0.2, 0.25) is 0 Å². The van der Waals surface area contributed by atoms with E-state index < -0.39 is 4.92 Å². The van der Waals surface area contributed by atoms with Gasteiger partial charge in [-0.2, -0.15) is 0 Å². The highest BCUT2D eigenvalue weighted by atomic mass is 16.6. The number of likely N-dealkylation sites (tertiary alicyclic amines) is 1. The SMILES string of the molecule is COc1ccc([N+](=O)[O-])cc1OCC(=O)N1CCCC[C@@H]1C. The maximum atomic E-state index is 12.2. The summed E-state index contributed by atoms with van der Waals surface area (Å²) < 4.78 is 10.6. The zero-order valence-corrected chi connectivity index (χ0v) is 12.8. The van der Waals surface area contributed by atoms with Gasteiger partial charge in [-0.05, 0) is 32.3 Å². The number of hydrogen-bond acceptors (Lipinski definition) is 5. The van der Waals surface area contributed by atoms with Crippen LogP contribution in [0.15, 0.2) is 18.2 Å². The van der Waals surface area contributed by atoms with Crippen molar-refractivity contribution >= 4 is 11.6 Å². The zero-order chi connectivity index (χ0) is 16.1. The van der Waals surface area contributed by atoms with Crippen molar-refractivity contribution in [3.8, 4) is 11.5 Å². The van der Waals surface area contributed by atoms with E-state index in [-0.39, 0.29) is 30.0 Å². The fourth-order valence-electron chi connectivity index (χ4n) is 2.58. The molecular weight excluding hydrogens is 288 g/mol. The van der Waals surface area contributed by atoms with E-state index in [1.54, 1.807) is 4.90 Å². The summed E-state index contributed by atoms with van der Waals surface area (Å²) in [5.74, 6) is 0.459. The van der Waals surface area contributed by atoms with E-state index in [1.165, 1.54) is 25.3 Å². The summed E-state index contributed by atoms with van der Waals surface area (Å²) in [4.78, 5) is 24.3. The number of rotatable bonds is 5. The summed E-state index contributed by atoms with van der Waals surface area (Å²) in [6, 6.07) is 4.27.